The van der Waals surface area contributed by atoms with Gasteiger partial charge in [-0.05, 0) is 41.2 Å². The van der Waals surface area contributed by atoms with Crippen LogP contribution in [0.4, 0.5) is 8.78 Å². The number of aliphatic hydroxyl groups excluding tert-OH is 1. The number of amides is 1. The molecule has 0 aliphatic carbocycles. The Balaban J connectivity index is 2.04. The molecular formula is C23H30F2N2O3. The first kappa shape index (κ1) is 23.8. The van der Waals surface area contributed by atoms with E-state index in [2.05, 4.69) is 31.4 Å². The van der Waals surface area contributed by atoms with E-state index in [1.165, 1.54) is 19.1 Å². The molecule has 2 aromatic carbocycles. The van der Waals surface area contributed by atoms with Gasteiger partial charge in [-0.1, -0.05) is 32.9 Å². The van der Waals surface area contributed by atoms with Crippen molar-refractivity contribution in [2.45, 2.75) is 58.2 Å². The summed E-state index contributed by atoms with van der Waals surface area (Å²) in [6, 6.07) is 7.82. The minimum absolute atomic E-state index is 0.0707. The monoisotopic (exact) mass is 420 g/mol. The number of aliphatic hydroxyl groups is 1. The summed E-state index contributed by atoms with van der Waals surface area (Å²) in [5, 5.41) is 26.4. The first-order valence-corrected chi connectivity index (χ1v) is 9.89. The molecule has 0 bridgehead atoms. The minimum Gasteiger partial charge on any atom is -0.508 e. The van der Waals surface area contributed by atoms with Gasteiger partial charge in [0.15, 0.2) is 0 Å². The Hall–Kier alpha value is -2.51. The van der Waals surface area contributed by atoms with Crippen LogP contribution in [-0.4, -0.2) is 34.8 Å². The van der Waals surface area contributed by atoms with Crippen LogP contribution >= 0.6 is 0 Å². The largest absolute Gasteiger partial charge is 0.508 e. The number of rotatable bonds is 8. The molecule has 0 radical (unpaired) electrons. The van der Waals surface area contributed by atoms with Crippen LogP contribution in [0, 0.1) is 11.6 Å². The smallest absolute Gasteiger partial charge is 0.217 e. The maximum Gasteiger partial charge on any atom is 0.217 e. The maximum atomic E-state index is 13.5. The van der Waals surface area contributed by atoms with Crippen LogP contribution < -0.4 is 10.6 Å². The fourth-order valence-corrected chi connectivity index (χ4v) is 3.22. The average Bonchev–Trinajstić information content (AvgIpc) is 2.60. The number of nitrogens with one attached hydrogen (secondary N) is 2. The van der Waals surface area contributed by atoms with Gasteiger partial charge in [0.25, 0.3) is 0 Å². The van der Waals surface area contributed by atoms with Crippen molar-refractivity contribution in [1.82, 2.24) is 10.6 Å². The minimum atomic E-state index is -1.01. The molecule has 164 valence electrons. The number of phenolic OH excluding ortho intramolecular Hbond substituents is 1. The van der Waals surface area contributed by atoms with Crippen LogP contribution in [0.1, 0.15) is 44.4 Å². The molecule has 2 rings (SSSR count). The van der Waals surface area contributed by atoms with Gasteiger partial charge >= 0.3 is 0 Å². The van der Waals surface area contributed by atoms with Crippen molar-refractivity contribution in [2.75, 3.05) is 6.54 Å². The summed E-state index contributed by atoms with van der Waals surface area (Å²) in [5.74, 6) is -1.63. The lowest BCUT2D eigenvalue weighted by Gasteiger charge is -2.25. The fourth-order valence-electron chi connectivity index (χ4n) is 3.22. The normalized spacial score (nSPS) is 13.7. The second kappa shape index (κ2) is 10.00. The van der Waals surface area contributed by atoms with Crippen LogP contribution in [0.2, 0.25) is 0 Å². The molecule has 0 spiro atoms. The highest BCUT2D eigenvalue weighted by Gasteiger charge is 2.21. The Morgan fingerprint density at radius 1 is 1.10 bits per heavy atom. The summed E-state index contributed by atoms with van der Waals surface area (Å²) in [4.78, 5) is 11.5. The molecule has 0 saturated heterocycles. The molecule has 0 fully saturated rings. The number of phenols is 1. The molecule has 2 atom stereocenters. The first-order chi connectivity index (χ1) is 14.0. The Bertz CT molecular complexity index is 861. The molecule has 0 aliphatic rings. The summed E-state index contributed by atoms with van der Waals surface area (Å²) in [7, 11) is 0. The zero-order chi connectivity index (χ0) is 22.5. The fraction of sp³-hybridized carbons (Fsp3) is 0.435. The number of carbonyl (C=O) groups is 1. The molecule has 0 aromatic heterocycles. The second-order valence-corrected chi connectivity index (χ2v) is 8.58. The number of benzene rings is 2. The van der Waals surface area contributed by atoms with Crippen LogP contribution in [-0.2, 0) is 23.2 Å². The number of carbonyl (C=O) groups excluding carboxylic acids is 1. The Morgan fingerprint density at radius 3 is 2.30 bits per heavy atom. The molecule has 0 aliphatic heterocycles. The zero-order valence-electron chi connectivity index (χ0n) is 17.8. The zero-order valence-corrected chi connectivity index (χ0v) is 17.8. The van der Waals surface area contributed by atoms with Crippen molar-refractivity contribution in [1.29, 1.82) is 0 Å². The lowest BCUT2D eigenvalue weighted by molar-refractivity contribution is -0.120. The third-order valence-corrected chi connectivity index (χ3v) is 4.85. The average molecular weight is 421 g/mol. The van der Waals surface area contributed by atoms with E-state index in [1.807, 2.05) is 12.1 Å². The topological polar surface area (TPSA) is 81.6 Å². The van der Waals surface area contributed by atoms with Gasteiger partial charge in [-0.2, -0.15) is 0 Å². The molecule has 0 saturated carbocycles. The van der Waals surface area contributed by atoms with Crippen molar-refractivity contribution in [2.24, 2.45) is 0 Å². The number of halogens is 2. The Kier molecular flexibility index (Phi) is 7.92. The van der Waals surface area contributed by atoms with Gasteiger partial charge in [0.2, 0.25) is 5.91 Å². The van der Waals surface area contributed by atoms with E-state index in [-0.39, 0.29) is 30.0 Å². The molecule has 1 amide bonds. The number of hydrogen-bond donors (Lipinski definition) is 4. The summed E-state index contributed by atoms with van der Waals surface area (Å²) >= 11 is 0. The predicted molar refractivity (Wildman–Crippen MR) is 112 cm³/mol. The van der Waals surface area contributed by atoms with Crippen LogP contribution in [0.25, 0.3) is 0 Å². The van der Waals surface area contributed by atoms with Gasteiger partial charge in [0, 0.05) is 31.6 Å². The highest BCUT2D eigenvalue weighted by Crippen LogP contribution is 2.27. The molecule has 7 heteroatoms. The lowest BCUT2D eigenvalue weighted by atomic mass is 9.86. The summed E-state index contributed by atoms with van der Waals surface area (Å²) in [6.07, 6.45) is -0.935. The lowest BCUT2D eigenvalue weighted by Crippen LogP contribution is -2.48. The maximum absolute atomic E-state index is 13.5. The van der Waals surface area contributed by atoms with Crippen molar-refractivity contribution >= 4 is 5.91 Å². The number of aromatic hydroxyl groups is 1. The van der Waals surface area contributed by atoms with E-state index >= 15 is 0 Å². The van der Waals surface area contributed by atoms with E-state index in [4.69, 9.17) is 0 Å². The quantitative estimate of drug-likeness (QED) is 0.529. The Labute approximate surface area is 176 Å². The summed E-state index contributed by atoms with van der Waals surface area (Å²) in [5.41, 5.74) is 2.03. The van der Waals surface area contributed by atoms with Gasteiger partial charge in [0.1, 0.15) is 17.4 Å². The Morgan fingerprint density at radius 2 is 1.73 bits per heavy atom. The van der Waals surface area contributed by atoms with Gasteiger partial charge in [-0.15, -0.1) is 0 Å². The van der Waals surface area contributed by atoms with Crippen LogP contribution in [0.15, 0.2) is 36.4 Å². The van der Waals surface area contributed by atoms with E-state index in [0.29, 0.717) is 17.7 Å². The van der Waals surface area contributed by atoms with E-state index in [0.717, 1.165) is 11.6 Å². The van der Waals surface area contributed by atoms with Gasteiger partial charge in [-0.25, -0.2) is 8.78 Å². The third-order valence-electron chi connectivity index (χ3n) is 4.85. The molecule has 2 aromatic rings. The van der Waals surface area contributed by atoms with E-state index < -0.39 is 23.8 Å². The van der Waals surface area contributed by atoms with Crippen molar-refractivity contribution in [3.05, 3.63) is 64.7 Å². The standard InChI is InChI=1S/C23H30F2N2O3/c1-14(28)27-20(9-15-7-18(24)11-19(25)8-15)22(30)13-26-12-16-10-17(23(2,3)4)5-6-21(16)29/h5-8,10-11,20,22,26,29-30H,9,12-13H2,1-4H3,(H,27,28)/t20-,22+/m0/s1. The van der Waals surface area contributed by atoms with Crippen LogP contribution in [0.5, 0.6) is 5.75 Å². The van der Waals surface area contributed by atoms with Crippen LogP contribution in [0.3, 0.4) is 0 Å². The third kappa shape index (κ3) is 7.07. The number of hydrogen-bond acceptors (Lipinski definition) is 4. The first-order valence-electron chi connectivity index (χ1n) is 9.89. The van der Waals surface area contributed by atoms with Gasteiger partial charge in [0.05, 0.1) is 12.1 Å². The van der Waals surface area contributed by atoms with E-state index in [1.54, 1.807) is 6.07 Å². The summed E-state index contributed by atoms with van der Waals surface area (Å²) < 4.78 is 26.9. The summed E-state index contributed by atoms with van der Waals surface area (Å²) in [6.45, 7) is 7.97. The van der Waals surface area contributed by atoms with Gasteiger partial charge in [-0.3, -0.25) is 4.79 Å². The highest BCUT2D eigenvalue weighted by atomic mass is 19.1. The predicted octanol–water partition coefficient (Wildman–Crippen LogP) is 3.17. The van der Waals surface area contributed by atoms with Crippen molar-refractivity contribution in [3.8, 4) is 5.75 Å². The molecule has 0 unspecified atom stereocenters. The molecular weight excluding hydrogens is 390 g/mol. The van der Waals surface area contributed by atoms with E-state index in [9.17, 15) is 23.8 Å². The molecule has 5 nitrogen and oxygen atoms in total. The highest BCUT2D eigenvalue weighted by molar-refractivity contribution is 5.73. The van der Waals surface area contributed by atoms with Gasteiger partial charge < -0.3 is 20.8 Å². The SMILES string of the molecule is CC(=O)N[C@@H](Cc1cc(F)cc(F)c1)[C@H](O)CNCc1cc(C(C)(C)C)ccc1O. The molecule has 0 heterocycles. The van der Waals surface area contributed by atoms with Crippen molar-refractivity contribution < 1.29 is 23.8 Å². The van der Waals surface area contributed by atoms with Crippen molar-refractivity contribution in [3.63, 3.8) is 0 Å². The molecule has 30 heavy (non-hydrogen) atoms. The molecule has 4 N–H and O–H groups in total. The second-order valence-electron chi connectivity index (χ2n) is 8.58.